The van der Waals surface area contributed by atoms with Gasteiger partial charge in [-0.1, -0.05) is 6.92 Å². The van der Waals surface area contributed by atoms with E-state index in [2.05, 4.69) is 24.2 Å². The van der Waals surface area contributed by atoms with Crippen LogP contribution < -0.4 is 5.32 Å². The predicted octanol–water partition coefficient (Wildman–Crippen LogP) is 2.70. The second kappa shape index (κ2) is 7.75. The van der Waals surface area contributed by atoms with E-state index in [9.17, 15) is 0 Å². The van der Waals surface area contributed by atoms with Gasteiger partial charge in [0, 0.05) is 12.1 Å². The first-order valence-corrected chi connectivity index (χ1v) is 6.21. The first-order valence-electron chi connectivity index (χ1n) is 6.21. The van der Waals surface area contributed by atoms with Gasteiger partial charge < -0.3 is 10.2 Å². The summed E-state index contributed by atoms with van der Waals surface area (Å²) in [6.07, 6.45) is 7.01. The van der Waals surface area contributed by atoms with Crippen molar-refractivity contribution in [3.05, 3.63) is 0 Å². The molecule has 2 fully saturated rings. The van der Waals surface area contributed by atoms with Gasteiger partial charge in [0.25, 0.3) is 0 Å². The van der Waals surface area contributed by atoms with Crippen LogP contribution in [0.15, 0.2) is 0 Å². The Balaban J connectivity index is 0.00000112. The van der Waals surface area contributed by atoms with Crippen LogP contribution in [0.1, 0.15) is 39.0 Å². The van der Waals surface area contributed by atoms with E-state index in [0.717, 1.165) is 18.0 Å². The van der Waals surface area contributed by atoms with Crippen LogP contribution >= 0.6 is 24.8 Å². The van der Waals surface area contributed by atoms with Crippen LogP contribution in [0.25, 0.3) is 0 Å². The Labute approximate surface area is 112 Å². The van der Waals surface area contributed by atoms with Crippen molar-refractivity contribution in [2.45, 2.75) is 51.1 Å². The highest BCUT2D eigenvalue weighted by molar-refractivity contribution is 5.85. The molecule has 0 aromatic carbocycles. The number of nitrogens with zero attached hydrogens (tertiary/aromatic N) is 1. The minimum absolute atomic E-state index is 0. The summed E-state index contributed by atoms with van der Waals surface area (Å²) in [5, 5.41) is 3.42. The molecule has 0 radical (unpaired) electrons. The summed E-state index contributed by atoms with van der Waals surface area (Å²) in [5.74, 6) is 0.966. The van der Waals surface area contributed by atoms with Gasteiger partial charge in [-0.2, -0.15) is 0 Å². The highest BCUT2D eigenvalue weighted by Gasteiger charge is 2.29. The molecular formula is C12H26Cl2N2. The molecule has 4 heteroatoms. The van der Waals surface area contributed by atoms with Crippen LogP contribution in [0.4, 0.5) is 0 Å². The zero-order chi connectivity index (χ0) is 9.97. The van der Waals surface area contributed by atoms with Gasteiger partial charge in [0.15, 0.2) is 0 Å². The van der Waals surface area contributed by atoms with Gasteiger partial charge in [0.05, 0.1) is 0 Å². The normalized spacial score (nSPS) is 31.9. The monoisotopic (exact) mass is 268 g/mol. The highest BCUT2D eigenvalue weighted by Crippen LogP contribution is 2.27. The Kier molecular flexibility index (Phi) is 8.00. The SMILES string of the molecule is CN[C@H]1CC[C@@H](N2CCC(C)CC2)C1.Cl.Cl. The fourth-order valence-electron chi connectivity index (χ4n) is 2.95. The third-order valence-electron chi connectivity index (χ3n) is 4.15. The van der Waals surface area contributed by atoms with Crippen molar-refractivity contribution in [1.82, 2.24) is 10.2 Å². The minimum atomic E-state index is 0. The van der Waals surface area contributed by atoms with Crippen molar-refractivity contribution in [3.63, 3.8) is 0 Å². The summed E-state index contributed by atoms with van der Waals surface area (Å²) in [4.78, 5) is 2.73. The lowest BCUT2D eigenvalue weighted by Crippen LogP contribution is -2.40. The van der Waals surface area contributed by atoms with E-state index in [0.29, 0.717) is 0 Å². The number of hydrogen-bond acceptors (Lipinski definition) is 2. The molecule has 1 heterocycles. The smallest absolute Gasteiger partial charge is 0.0111 e. The van der Waals surface area contributed by atoms with Crippen LogP contribution in [0, 0.1) is 5.92 Å². The quantitative estimate of drug-likeness (QED) is 0.829. The van der Waals surface area contributed by atoms with Gasteiger partial charge in [-0.05, 0) is 58.2 Å². The van der Waals surface area contributed by atoms with Crippen LogP contribution in [-0.4, -0.2) is 37.1 Å². The van der Waals surface area contributed by atoms with Crippen molar-refractivity contribution in [3.8, 4) is 0 Å². The summed E-state index contributed by atoms with van der Waals surface area (Å²) in [6, 6.07) is 1.68. The van der Waals surface area contributed by atoms with E-state index >= 15 is 0 Å². The maximum absolute atomic E-state index is 3.42. The molecule has 1 aliphatic heterocycles. The zero-order valence-electron chi connectivity index (χ0n) is 10.4. The Morgan fingerprint density at radius 2 is 1.62 bits per heavy atom. The average Bonchev–Trinajstić information content (AvgIpc) is 2.67. The van der Waals surface area contributed by atoms with Crippen LogP contribution in [0.2, 0.25) is 0 Å². The van der Waals surface area contributed by atoms with Crippen LogP contribution in [-0.2, 0) is 0 Å². The number of rotatable bonds is 2. The minimum Gasteiger partial charge on any atom is -0.317 e. The number of halogens is 2. The highest BCUT2D eigenvalue weighted by atomic mass is 35.5. The fraction of sp³-hybridized carbons (Fsp3) is 1.00. The second-order valence-corrected chi connectivity index (χ2v) is 5.17. The molecule has 0 bridgehead atoms. The predicted molar refractivity (Wildman–Crippen MR) is 75.0 cm³/mol. The van der Waals surface area contributed by atoms with Gasteiger partial charge >= 0.3 is 0 Å². The topological polar surface area (TPSA) is 15.3 Å². The Morgan fingerprint density at radius 1 is 1.00 bits per heavy atom. The molecular weight excluding hydrogens is 243 g/mol. The number of hydrogen-bond donors (Lipinski definition) is 1. The molecule has 1 N–H and O–H groups in total. The summed E-state index contributed by atoms with van der Waals surface area (Å²) in [6.45, 7) is 5.09. The van der Waals surface area contributed by atoms with Gasteiger partial charge in [0.1, 0.15) is 0 Å². The molecule has 1 saturated carbocycles. The van der Waals surface area contributed by atoms with E-state index in [1.165, 1.54) is 45.2 Å². The van der Waals surface area contributed by atoms with Crippen molar-refractivity contribution in [2.24, 2.45) is 5.92 Å². The van der Waals surface area contributed by atoms with Crippen molar-refractivity contribution in [1.29, 1.82) is 0 Å². The lowest BCUT2D eigenvalue weighted by molar-refractivity contribution is 0.138. The summed E-state index contributed by atoms with van der Waals surface area (Å²) >= 11 is 0. The first kappa shape index (κ1) is 16.5. The molecule has 0 aromatic heterocycles. The second-order valence-electron chi connectivity index (χ2n) is 5.17. The molecule has 98 valence electrons. The third kappa shape index (κ3) is 4.06. The molecule has 1 saturated heterocycles. The largest absolute Gasteiger partial charge is 0.317 e. The fourth-order valence-corrected chi connectivity index (χ4v) is 2.95. The van der Waals surface area contributed by atoms with Crippen molar-refractivity contribution in [2.75, 3.05) is 20.1 Å². The summed E-state index contributed by atoms with van der Waals surface area (Å²) < 4.78 is 0. The van der Waals surface area contributed by atoms with Gasteiger partial charge in [-0.15, -0.1) is 24.8 Å². The maximum atomic E-state index is 3.42. The standard InChI is InChI=1S/C12H24N2.2ClH/c1-10-5-7-14(8-6-10)12-4-3-11(9-12)13-2;;/h10-13H,3-9H2,1-2H3;2*1H/t11-,12+;;/m0../s1. The van der Waals surface area contributed by atoms with Crippen molar-refractivity contribution < 1.29 is 0 Å². The molecule has 1 aliphatic carbocycles. The van der Waals surface area contributed by atoms with Crippen LogP contribution in [0.5, 0.6) is 0 Å². The third-order valence-corrected chi connectivity index (χ3v) is 4.15. The van der Waals surface area contributed by atoms with E-state index in [1.807, 2.05) is 0 Å². The molecule has 16 heavy (non-hydrogen) atoms. The van der Waals surface area contributed by atoms with Gasteiger partial charge in [0.2, 0.25) is 0 Å². The molecule has 2 rings (SSSR count). The van der Waals surface area contributed by atoms with E-state index < -0.39 is 0 Å². The Bertz CT molecular complexity index is 182. The molecule has 2 nitrogen and oxygen atoms in total. The average molecular weight is 269 g/mol. The van der Waals surface area contributed by atoms with Crippen molar-refractivity contribution >= 4 is 24.8 Å². The number of likely N-dealkylation sites (tertiary alicyclic amines) is 1. The number of piperidine rings is 1. The van der Waals surface area contributed by atoms with Crippen LogP contribution in [0.3, 0.4) is 0 Å². The van der Waals surface area contributed by atoms with E-state index in [4.69, 9.17) is 0 Å². The Morgan fingerprint density at radius 3 is 2.12 bits per heavy atom. The molecule has 0 aromatic rings. The molecule has 2 aliphatic rings. The molecule has 0 amide bonds. The molecule has 0 unspecified atom stereocenters. The molecule has 2 atom stereocenters. The lowest BCUT2D eigenvalue weighted by Gasteiger charge is -2.35. The van der Waals surface area contributed by atoms with Gasteiger partial charge in [-0.3, -0.25) is 0 Å². The van der Waals surface area contributed by atoms with E-state index in [1.54, 1.807) is 0 Å². The van der Waals surface area contributed by atoms with E-state index in [-0.39, 0.29) is 24.8 Å². The van der Waals surface area contributed by atoms with Gasteiger partial charge in [-0.25, -0.2) is 0 Å². The summed E-state index contributed by atoms with van der Waals surface area (Å²) in [5.41, 5.74) is 0. The zero-order valence-corrected chi connectivity index (χ0v) is 12.1. The lowest BCUT2D eigenvalue weighted by atomic mass is 9.97. The maximum Gasteiger partial charge on any atom is 0.0111 e. The number of nitrogens with one attached hydrogen (secondary N) is 1. The molecule has 0 spiro atoms. The Hall–Kier alpha value is 0.500. The summed E-state index contributed by atoms with van der Waals surface area (Å²) in [7, 11) is 2.10. The first-order chi connectivity index (χ1) is 6.79.